The Morgan fingerprint density at radius 3 is 2.94 bits per heavy atom. The Balaban J connectivity index is 2.61. The van der Waals surface area contributed by atoms with Gasteiger partial charge in [-0.3, -0.25) is 4.79 Å². The van der Waals surface area contributed by atoms with Gasteiger partial charge in [-0.1, -0.05) is 17.7 Å². The molecule has 0 aliphatic heterocycles. The second-order valence-electron chi connectivity index (χ2n) is 3.39. The lowest BCUT2D eigenvalue weighted by Gasteiger charge is -2.19. The van der Waals surface area contributed by atoms with Gasteiger partial charge in [0.05, 0.1) is 17.7 Å². The first-order valence-electron chi connectivity index (χ1n) is 5.04. The molecule has 0 saturated heterocycles. The largest absolute Gasteiger partial charge is 0.373 e. The van der Waals surface area contributed by atoms with E-state index in [1.54, 1.807) is 19.2 Å². The van der Waals surface area contributed by atoms with Crippen LogP contribution in [0.25, 0.3) is 0 Å². The first-order chi connectivity index (χ1) is 8.19. The number of rotatable bonds is 5. The summed E-state index contributed by atoms with van der Waals surface area (Å²) in [5, 5.41) is 8.93. The number of hydrogen-bond acceptors (Lipinski definition) is 6. The van der Waals surface area contributed by atoms with E-state index in [9.17, 15) is 4.79 Å². The average molecular weight is 234 g/mol. The molecule has 0 radical (unpaired) electrons. The van der Waals surface area contributed by atoms with Crippen LogP contribution in [0.4, 0.5) is 5.69 Å². The van der Waals surface area contributed by atoms with Crippen LogP contribution in [0.15, 0.2) is 24.3 Å². The Labute approximate surface area is 99.5 Å². The van der Waals surface area contributed by atoms with Crippen LogP contribution in [0.1, 0.15) is 12.0 Å². The zero-order chi connectivity index (χ0) is 12.7. The van der Waals surface area contributed by atoms with E-state index >= 15 is 0 Å². The predicted octanol–water partition coefficient (Wildman–Crippen LogP) is 0.306. The summed E-state index contributed by atoms with van der Waals surface area (Å²) < 4.78 is 0. The van der Waals surface area contributed by atoms with Crippen molar-refractivity contribution in [2.24, 2.45) is 5.84 Å². The molecule has 17 heavy (non-hydrogen) atoms. The summed E-state index contributed by atoms with van der Waals surface area (Å²) in [6.45, 7) is 0.444. The van der Waals surface area contributed by atoms with E-state index in [4.69, 9.17) is 11.1 Å². The normalized spacial score (nSPS) is 9.47. The van der Waals surface area contributed by atoms with Crippen molar-refractivity contribution < 1.29 is 9.63 Å². The van der Waals surface area contributed by atoms with Crippen LogP contribution < -0.4 is 16.3 Å². The fraction of sp³-hybridized carbons (Fsp3) is 0.273. The van der Waals surface area contributed by atoms with E-state index in [0.717, 1.165) is 5.69 Å². The number of para-hydroxylation sites is 1. The summed E-state index contributed by atoms with van der Waals surface area (Å²) in [5.41, 5.74) is 3.18. The summed E-state index contributed by atoms with van der Waals surface area (Å²) in [5.74, 6) is 4.39. The lowest BCUT2D eigenvalue weighted by atomic mass is 10.2. The quantitative estimate of drug-likeness (QED) is 0.562. The molecular weight excluding hydrogens is 220 g/mol. The molecule has 0 bridgehead atoms. The zero-order valence-corrected chi connectivity index (χ0v) is 9.51. The molecule has 0 spiro atoms. The van der Waals surface area contributed by atoms with Gasteiger partial charge in [0.1, 0.15) is 6.07 Å². The molecule has 0 fully saturated rings. The monoisotopic (exact) mass is 234 g/mol. The van der Waals surface area contributed by atoms with Crippen LogP contribution in [0.5, 0.6) is 0 Å². The molecule has 0 aliphatic rings. The maximum atomic E-state index is 11.1. The molecule has 0 unspecified atom stereocenters. The van der Waals surface area contributed by atoms with E-state index < -0.39 is 5.97 Å². The highest BCUT2D eigenvalue weighted by molar-refractivity contribution is 5.70. The molecule has 6 nitrogen and oxygen atoms in total. The van der Waals surface area contributed by atoms with Crippen molar-refractivity contribution >= 4 is 11.7 Å². The zero-order valence-electron chi connectivity index (χ0n) is 9.51. The number of hydrogen-bond donors (Lipinski definition) is 2. The third-order valence-electron chi connectivity index (χ3n) is 2.26. The number of hydrazine groups is 1. The van der Waals surface area contributed by atoms with Gasteiger partial charge in [0.2, 0.25) is 0 Å². The number of carbonyl (C=O) groups excluding carboxylic acids is 1. The Morgan fingerprint density at radius 2 is 2.29 bits per heavy atom. The van der Waals surface area contributed by atoms with Crippen LogP contribution in [-0.2, 0) is 9.63 Å². The van der Waals surface area contributed by atoms with E-state index in [2.05, 4.69) is 10.9 Å². The predicted molar refractivity (Wildman–Crippen MR) is 62.5 cm³/mol. The fourth-order valence-electron chi connectivity index (χ4n) is 1.40. The molecule has 6 heteroatoms. The van der Waals surface area contributed by atoms with E-state index in [1.165, 1.54) is 0 Å². The molecular formula is C11H14N4O2. The van der Waals surface area contributed by atoms with Gasteiger partial charge in [-0.05, 0) is 12.1 Å². The second-order valence-corrected chi connectivity index (χ2v) is 3.39. The Morgan fingerprint density at radius 1 is 1.59 bits per heavy atom. The maximum Gasteiger partial charge on any atom is 0.328 e. The summed E-state index contributed by atoms with van der Waals surface area (Å²) in [6.07, 6.45) is 0.181. The van der Waals surface area contributed by atoms with Gasteiger partial charge in [-0.2, -0.15) is 5.26 Å². The first kappa shape index (κ1) is 13.0. The molecule has 0 atom stereocenters. The van der Waals surface area contributed by atoms with Crippen molar-refractivity contribution in [1.29, 1.82) is 5.26 Å². The highest BCUT2D eigenvalue weighted by atomic mass is 16.7. The van der Waals surface area contributed by atoms with Crippen molar-refractivity contribution in [2.75, 3.05) is 18.5 Å². The number of anilines is 1. The lowest BCUT2D eigenvalue weighted by Crippen LogP contribution is -2.29. The third-order valence-corrected chi connectivity index (χ3v) is 2.26. The molecule has 90 valence electrons. The number of nitriles is 1. The van der Waals surface area contributed by atoms with Gasteiger partial charge in [0, 0.05) is 13.6 Å². The molecule has 0 aromatic heterocycles. The lowest BCUT2D eigenvalue weighted by molar-refractivity contribution is -0.150. The summed E-state index contributed by atoms with van der Waals surface area (Å²) >= 11 is 0. The topological polar surface area (TPSA) is 91.4 Å². The molecule has 0 saturated carbocycles. The van der Waals surface area contributed by atoms with Crippen LogP contribution in [0.2, 0.25) is 0 Å². The van der Waals surface area contributed by atoms with Crippen LogP contribution in [0.3, 0.4) is 0 Å². The van der Waals surface area contributed by atoms with Crippen molar-refractivity contribution in [1.82, 2.24) is 5.59 Å². The Hall–Kier alpha value is -2.10. The van der Waals surface area contributed by atoms with Gasteiger partial charge in [-0.15, -0.1) is 0 Å². The molecule has 1 aromatic rings. The standard InChI is InChI=1S/C11H14N4O2/c1-15(7-6-11(16)17-14-13)10-5-3-2-4-9(10)8-12/h2-5,14H,6-7,13H2,1H3. The SMILES string of the molecule is CN(CCC(=O)ONN)c1ccccc1C#N. The van der Waals surface area contributed by atoms with Gasteiger partial charge in [0.15, 0.2) is 0 Å². The summed E-state index contributed by atoms with van der Waals surface area (Å²) in [7, 11) is 1.80. The van der Waals surface area contributed by atoms with Gasteiger partial charge >= 0.3 is 5.97 Å². The second kappa shape index (κ2) is 6.48. The number of benzene rings is 1. The average Bonchev–Trinajstić information content (AvgIpc) is 2.36. The van der Waals surface area contributed by atoms with E-state index in [1.807, 2.05) is 22.6 Å². The number of carbonyl (C=O) groups is 1. The molecule has 1 rings (SSSR count). The van der Waals surface area contributed by atoms with Crippen molar-refractivity contribution in [2.45, 2.75) is 6.42 Å². The number of nitrogens with two attached hydrogens (primary N) is 1. The van der Waals surface area contributed by atoms with Gasteiger partial charge in [-0.25, -0.2) is 5.84 Å². The third kappa shape index (κ3) is 3.75. The summed E-state index contributed by atoms with van der Waals surface area (Å²) in [6, 6.07) is 9.29. The minimum absolute atomic E-state index is 0.181. The van der Waals surface area contributed by atoms with E-state index in [0.29, 0.717) is 12.1 Å². The smallest absolute Gasteiger partial charge is 0.328 e. The van der Waals surface area contributed by atoms with Crippen molar-refractivity contribution in [3.63, 3.8) is 0 Å². The number of nitrogens with zero attached hydrogens (tertiary/aromatic N) is 2. The van der Waals surface area contributed by atoms with Crippen LogP contribution >= 0.6 is 0 Å². The highest BCUT2D eigenvalue weighted by Crippen LogP contribution is 2.17. The fourth-order valence-corrected chi connectivity index (χ4v) is 1.40. The molecule has 0 aliphatic carbocycles. The molecule has 1 aromatic carbocycles. The minimum atomic E-state index is -0.450. The maximum absolute atomic E-state index is 11.1. The highest BCUT2D eigenvalue weighted by Gasteiger charge is 2.09. The summed E-state index contributed by atoms with van der Waals surface area (Å²) in [4.78, 5) is 17.3. The van der Waals surface area contributed by atoms with Gasteiger partial charge < -0.3 is 9.74 Å². The van der Waals surface area contributed by atoms with E-state index in [-0.39, 0.29) is 6.42 Å². The van der Waals surface area contributed by atoms with Crippen molar-refractivity contribution in [3.05, 3.63) is 29.8 Å². The number of nitrogens with one attached hydrogen (secondary N) is 1. The van der Waals surface area contributed by atoms with Crippen molar-refractivity contribution in [3.8, 4) is 6.07 Å². The molecule has 3 N–H and O–H groups in total. The first-order valence-corrected chi connectivity index (χ1v) is 5.04. The Bertz CT molecular complexity index is 428. The van der Waals surface area contributed by atoms with Crippen LogP contribution in [-0.4, -0.2) is 19.6 Å². The van der Waals surface area contributed by atoms with Crippen LogP contribution in [0, 0.1) is 11.3 Å². The molecule has 0 amide bonds. The Kier molecular flexibility index (Phi) is 4.94. The minimum Gasteiger partial charge on any atom is -0.373 e. The van der Waals surface area contributed by atoms with Gasteiger partial charge in [0.25, 0.3) is 0 Å². The molecule has 0 heterocycles.